The zero-order chi connectivity index (χ0) is 17.5. The Morgan fingerprint density at radius 2 is 1.96 bits per heavy atom. The van der Waals surface area contributed by atoms with Gasteiger partial charge in [-0.25, -0.2) is 4.79 Å². The van der Waals surface area contributed by atoms with E-state index in [1.807, 2.05) is 54.6 Å². The van der Waals surface area contributed by atoms with E-state index in [0.29, 0.717) is 13.2 Å². The number of carbonyl (C=O) groups excluding carboxylic acids is 1. The maximum atomic E-state index is 12.4. The molecule has 2 aromatic carbocycles. The van der Waals surface area contributed by atoms with Gasteiger partial charge in [-0.2, -0.15) is 0 Å². The van der Waals surface area contributed by atoms with Crippen LogP contribution in [0, 0.1) is 0 Å². The van der Waals surface area contributed by atoms with Gasteiger partial charge in [0.05, 0.1) is 6.10 Å². The lowest BCUT2D eigenvalue weighted by atomic mass is 10.2. The van der Waals surface area contributed by atoms with Crippen molar-refractivity contribution in [1.29, 1.82) is 0 Å². The number of urea groups is 1. The van der Waals surface area contributed by atoms with Crippen molar-refractivity contribution in [1.82, 2.24) is 4.90 Å². The van der Waals surface area contributed by atoms with Gasteiger partial charge in [0.1, 0.15) is 12.4 Å². The minimum Gasteiger partial charge on any atom is -0.489 e. The number of hydrogen-bond acceptors (Lipinski definition) is 3. The quantitative estimate of drug-likeness (QED) is 0.867. The summed E-state index contributed by atoms with van der Waals surface area (Å²) in [7, 11) is 1.79. The molecule has 1 N–H and O–H groups in total. The van der Waals surface area contributed by atoms with Gasteiger partial charge in [-0.1, -0.05) is 36.4 Å². The fraction of sp³-hybridized carbons (Fsp3) is 0.350. The minimum atomic E-state index is -0.136. The Kier molecular flexibility index (Phi) is 5.90. The number of carbonyl (C=O) groups is 1. The van der Waals surface area contributed by atoms with Gasteiger partial charge < -0.3 is 19.7 Å². The number of para-hydroxylation sites is 2. The van der Waals surface area contributed by atoms with Crippen molar-refractivity contribution in [2.45, 2.75) is 25.6 Å². The molecule has 1 saturated heterocycles. The second kappa shape index (κ2) is 8.53. The van der Waals surface area contributed by atoms with Crippen LogP contribution in [-0.4, -0.2) is 37.2 Å². The minimum absolute atomic E-state index is 0.136. The van der Waals surface area contributed by atoms with E-state index in [2.05, 4.69) is 5.32 Å². The van der Waals surface area contributed by atoms with E-state index in [1.54, 1.807) is 11.9 Å². The highest BCUT2D eigenvalue weighted by atomic mass is 16.5. The molecule has 0 aromatic heterocycles. The molecule has 0 aliphatic carbocycles. The molecule has 1 aliphatic heterocycles. The normalized spacial score (nSPS) is 16.4. The summed E-state index contributed by atoms with van der Waals surface area (Å²) in [4.78, 5) is 14.1. The van der Waals surface area contributed by atoms with Crippen LogP contribution in [-0.2, 0) is 11.3 Å². The van der Waals surface area contributed by atoms with Gasteiger partial charge in [-0.3, -0.25) is 0 Å². The van der Waals surface area contributed by atoms with Gasteiger partial charge in [-0.05, 0) is 31.0 Å². The number of nitrogens with zero attached hydrogens (tertiary/aromatic N) is 1. The second-order valence-electron chi connectivity index (χ2n) is 6.20. The van der Waals surface area contributed by atoms with Gasteiger partial charge in [0, 0.05) is 31.5 Å². The van der Waals surface area contributed by atoms with E-state index in [-0.39, 0.29) is 12.1 Å². The largest absolute Gasteiger partial charge is 0.489 e. The predicted octanol–water partition coefficient (Wildman–Crippen LogP) is 3.91. The Morgan fingerprint density at radius 1 is 1.20 bits per heavy atom. The molecule has 0 saturated carbocycles. The molecule has 2 aromatic rings. The van der Waals surface area contributed by atoms with Crippen LogP contribution < -0.4 is 10.1 Å². The number of rotatable bonds is 6. The highest BCUT2D eigenvalue weighted by Gasteiger charge is 2.20. The molecule has 0 bridgehead atoms. The molecule has 0 radical (unpaired) electrons. The smallest absolute Gasteiger partial charge is 0.321 e. The lowest BCUT2D eigenvalue weighted by Gasteiger charge is -2.22. The van der Waals surface area contributed by atoms with Gasteiger partial charge in [-0.15, -0.1) is 0 Å². The highest BCUT2D eigenvalue weighted by Crippen LogP contribution is 2.19. The summed E-state index contributed by atoms with van der Waals surface area (Å²) >= 11 is 0. The summed E-state index contributed by atoms with van der Waals surface area (Å²) in [6.07, 6.45) is 2.23. The molecule has 1 aliphatic rings. The molecule has 1 heterocycles. The summed E-state index contributed by atoms with van der Waals surface area (Å²) < 4.78 is 11.4. The van der Waals surface area contributed by atoms with Crippen LogP contribution in [0.3, 0.4) is 0 Å². The third kappa shape index (κ3) is 4.97. The SMILES string of the molecule is CN(CC1CCCO1)C(=O)Nc1ccccc1COc1ccccc1. The predicted molar refractivity (Wildman–Crippen MR) is 97.8 cm³/mol. The molecule has 5 heteroatoms. The third-order valence-corrected chi connectivity index (χ3v) is 4.24. The molecule has 1 fully saturated rings. The summed E-state index contributed by atoms with van der Waals surface area (Å²) in [6, 6.07) is 17.2. The van der Waals surface area contributed by atoms with Gasteiger partial charge >= 0.3 is 6.03 Å². The van der Waals surface area contributed by atoms with Crippen molar-refractivity contribution < 1.29 is 14.3 Å². The van der Waals surface area contributed by atoms with Crippen LogP contribution in [0.5, 0.6) is 5.75 Å². The molecular formula is C20H24N2O3. The number of amides is 2. The Bertz CT molecular complexity index is 684. The average molecular weight is 340 g/mol. The average Bonchev–Trinajstić information content (AvgIpc) is 3.15. The van der Waals surface area contributed by atoms with Crippen molar-refractivity contribution in [2.75, 3.05) is 25.5 Å². The molecule has 1 unspecified atom stereocenters. The Balaban J connectivity index is 1.58. The van der Waals surface area contributed by atoms with Gasteiger partial charge in [0.25, 0.3) is 0 Å². The number of anilines is 1. The van der Waals surface area contributed by atoms with Gasteiger partial charge in [0.2, 0.25) is 0 Å². The molecule has 3 rings (SSSR count). The Morgan fingerprint density at radius 3 is 2.72 bits per heavy atom. The lowest BCUT2D eigenvalue weighted by Crippen LogP contribution is -2.37. The van der Waals surface area contributed by atoms with E-state index >= 15 is 0 Å². The standard InChI is InChI=1S/C20H24N2O3/c1-22(14-18-11-7-13-24-18)20(23)21-19-12-6-5-8-16(19)15-25-17-9-3-2-4-10-17/h2-6,8-10,12,18H,7,11,13-15H2,1H3,(H,21,23). The van der Waals surface area contributed by atoms with Crippen LogP contribution >= 0.6 is 0 Å². The molecule has 2 amide bonds. The van der Waals surface area contributed by atoms with E-state index in [0.717, 1.165) is 36.4 Å². The first-order valence-electron chi connectivity index (χ1n) is 8.62. The zero-order valence-corrected chi connectivity index (χ0v) is 14.5. The molecule has 5 nitrogen and oxygen atoms in total. The number of likely N-dealkylation sites (N-methyl/N-ethyl adjacent to an activating group) is 1. The Labute approximate surface area is 148 Å². The number of nitrogens with one attached hydrogen (secondary N) is 1. The molecule has 132 valence electrons. The van der Waals surface area contributed by atoms with Gasteiger partial charge in [0.15, 0.2) is 0 Å². The van der Waals surface area contributed by atoms with Crippen LogP contribution in [0.15, 0.2) is 54.6 Å². The van der Waals surface area contributed by atoms with Crippen LogP contribution in [0.4, 0.5) is 10.5 Å². The first-order valence-corrected chi connectivity index (χ1v) is 8.62. The monoisotopic (exact) mass is 340 g/mol. The molecule has 0 spiro atoms. The van der Waals surface area contributed by atoms with Crippen molar-refractivity contribution in [2.24, 2.45) is 0 Å². The highest BCUT2D eigenvalue weighted by molar-refractivity contribution is 5.90. The lowest BCUT2D eigenvalue weighted by molar-refractivity contribution is 0.0894. The van der Waals surface area contributed by atoms with Crippen molar-refractivity contribution in [3.8, 4) is 5.75 Å². The fourth-order valence-corrected chi connectivity index (χ4v) is 2.83. The number of ether oxygens (including phenoxy) is 2. The van der Waals surface area contributed by atoms with Crippen LogP contribution in [0.25, 0.3) is 0 Å². The maximum Gasteiger partial charge on any atom is 0.321 e. The van der Waals surface area contributed by atoms with Crippen molar-refractivity contribution >= 4 is 11.7 Å². The van der Waals surface area contributed by atoms with Crippen LogP contribution in [0.1, 0.15) is 18.4 Å². The summed E-state index contributed by atoms with van der Waals surface area (Å²) in [5.74, 6) is 0.805. The summed E-state index contributed by atoms with van der Waals surface area (Å²) in [5.41, 5.74) is 1.70. The summed E-state index contributed by atoms with van der Waals surface area (Å²) in [6.45, 7) is 1.80. The fourth-order valence-electron chi connectivity index (χ4n) is 2.83. The topological polar surface area (TPSA) is 50.8 Å². The first-order chi connectivity index (χ1) is 12.2. The first kappa shape index (κ1) is 17.3. The Hall–Kier alpha value is -2.53. The number of benzene rings is 2. The van der Waals surface area contributed by atoms with E-state index in [9.17, 15) is 4.79 Å². The molecule has 1 atom stereocenters. The second-order valence-corrected chi connectivity index (χ2v) is 6.20. The maximum absolute atomic E-state index is 12.4. The van der Waals surface area contributed by atoms with Crippen molar-refractivity contribution in [3.63, 3.8) is 0 Å². The number of hydrogen-bond donors (Lipinski definition) is 1. The van der Waals surface area contributed by atoms with Crippen LogP contribution in [0.2, 0.25) is 0 Å². The molecular weight excluding hydrogens is 316 g/mol. The third-order valence-electron chi connectivity index (χ3n) is 4.24. The van der Waals surface area contributed by atoms with E-state index in [4.69, 9.17) is 9.47 Å². The van der Waals surface area contributed by atoms with E-state index < -0.39 is 0 Å². The molecule has 25 heavy (non-hydrogen) atoms. The van der Waals surface area contributed by atoms with Crippen molar-refractivity contribution in [3.05, 3.63) is 60.2 Å². The van der Waals surface area contributed by atoms with E-state index in [1.165, 1.54) is 0 Å². The summed E-state index contributed by atoms with van der Waals surface area (Å²) in [5, 5.41) is 2.97. The zero-order valence-electron chi connectivity index (χ0n) is 14.5.